The van der Waals surface area contributed by atoms with Gasteiger partial charge in [0.05, 0.1) is 10.8 Å². The summed E-state index contributed by atoms with van der Waals surface area (Å²) in [5.41, 5.74) is -0.134. The molecule has 0 heterocycles. The van der Waals surface area contributed by atoms with E-state index in [-0.39, 0.29) is 16.4 Å². The van der Waals surface area contributed by atoms with Crippen molar-refractivity contribution in [2.75, 3.05) is 19.5 Å². The van der Waals surface area contributed by atoms with Gasteiger partial charge in [0.2, 0.25) is 10.0 Å². The second kappa shape index (κ2) is 6.99. The molecule has 0 saturated heterocycles. The highest BCUT2D eigenvalue weighted by atomic mass is 35.5. The smallest absolute Gasteiger partial charge is 0.243 e. The SMILES string of the molecule is CC(N(C)S(=O)(=O)c1ccc(OCCCl)cc1)C(C)(C)C. The summed E-state index contributed by atoms with van der Waals surface area (Å²) in [6, 6.07) is 6.30. The van der Waals surface area contributed by atoms with Gasteiger partial charge in [-0.25, -0.2) is 8.42 Å². The molecule has 0 aliphatic carbocycles. The summed E-state index contributed by atoms with van der Waals surface area (Å²) in [4.78, 5) is 0.263. The van der Waals surface area contributed by atoms with Gasteiger partial charge in [0.15, 0.2) is 0 Å². The fourth-order valence-corrected chi connectivity index (χ4v) is 3.41. The zero-order valence-electron chi connectivity index (χ0n) is 13.3. The summed E-state index contributed by atoms with van der Waals surface area (Å²) in [6.07, 6.45) is 0. The van der Waals surface area contributed by atoms with E-state index in [4.69, 9.17) is 16.3 Å². The lowest BCUT2D eigenvalue weighted by Crippen LogP contribution is -2.42. The molecule has 21 heavy (non-hydrogen) atoms. The molecule has 1 unspecified atom stereocenters. The minimum atomic E-state index is -3.51. The van der Waals surface area contributed by atoms with Crippen LogP contribution in [-0.4, -0.2) is 38.3 Å². The molecule has 0 spiro atoms. The number of halogens is 1. The summed E-state index contributed by atoms with van der Waals surface area (Å²) in [5.74, 6) is 1.01. The molecule has 0 bridgehead atoms. The van der Waals surface area contributed by atoms with Crippen molar-refractivity contribution >= 4 is 21.6 Å². The normalized spacial score (nSPS) is 14.2. The molecule has 0 saturated carbocycles. The first-order valence-corrected chi connectivity index (χ1v) is 8.85. The minimum Gasteiger partial charge on any atom is -0.492 e. The van der Waals surface area contributed by atoms with E-state index in [1.54, 1.807) is 31.3 Å². The zero-order chi connectivity index (χ0) is 16.3. The monoisotopic (exact) mass is 333 g/mol. The molecule has 0 aliphatic heterocycles. The number of ether oxygens (including phenoxy) is 1. The average Bonchev–Trinajstić information content (AvgIpc) is 2.42. The van der Waals surface area contributed by atoms with E-state index in [1.807, 2.05) is 27.7 Å². The first-order valence-electron chi connectivity index (χ1n) is 6.87. The highest BCUT2D eigenvalue weighted by molar-refractivity contribution is 7.89. The van der Waals surface area contributed by atoms with E-state index in [0.717, 1.165) is 0 Å². The molecule has 0 radical (unpaired) electrons. The molecule has 0 aromatic heterocycles. The van der Waals surface area contributed by atoms with Crippen molar-refractivity contribution in [1.82, 2.24) is 4.31 Å². The third-order valence-corrected chi connectivity index (χ3v) is 5.74. The molecule has 1 rings (SSSR count). The second-order valence-electron chi connectivity index (χ2n) is 6.07. The second-order valence-corrected chi connectivity index (χ2v) is 8.45. The summed E-state index contributed by atoms with van der Waals surface area (Å²) in [7, 11) is -1.89. The maximum Gasteiger partial charge on any atom is 0.243 e. The van der Waals surface area contributed by atoms with Gasteiger partial charge < -0.3 is 4.74 Å². The third kappa shape index (κ3) is 4.59. The summed E-state index contributed by atoms with van der Waals surface area (Å²) in [6.45, 7) is 8.37. The molecular weight excluding hydrogens is 310 g/mol. The quantitative estimate of drug-likeness (QED) is 0.750. The molecule has 0 aliphatic rings. The summed E-state index contributed by atoms with van der Waals surface area (Å²) < 4.78 is 32.0. The Morgan fingerprint density at radius 2 is 1.76 bits per heavy atom. The van der Waals surface area contributed by atoms with Crippen LogP contribution in [0.4, 0.5) is 0 Å². The van der Waals surface area contributed by atoms with Crippen LogP contribution >= 0.6 is 11.6 Å². The van der Waals surface area contributed by atoms with Crippen LogP contribution in [0.5, 0.6) is 5.75 Å². The van der Waals surface area contributed by atoms with Crippen LogP contribution in [0.25, 0.3) is 0 Å². The Balaban J connectivity index is 2.97. The van der Waals surface area contributed by atoms with Crippen molar-refractivity contribution < 1.29 is 13.2 Å². The van der Waals surface area contributed by atoms with Crippen LogP contribution in [-0.2, 0) is 10.0 Å². The van der Waals surface area contributed by atoms with Crippen molar-refractivity contribution in [3.8, 4) is 5.75 Å². The number of nitrogens with zero attached hydrogens (tertiary/aromatic N) is 1. The van der Waals surface area contributed by atoms with E-state index in [2.05, 4.69) is 0 Å². The van der Waals surface area contributed by atoms with Gasteiger partial charge in [-0.1, -0.05) is 20.8 Å². The fourth-order valence-electron chi connectivity index (χ4n) is 1.78. The number of rotatable bonds is 6. The van der Waals surface area contributed by atoms with Gasteiger partial charge >= 0.3 is 0 Å². The van der Waals surface area contributed by atoms with Crippen molar-refractivity contribution in [1.29, 1.82) is 0 Å². The zero-order valence-corrected chi connectivity index (χ0v) is 14.8. The van der Waals surface area contributed by atoms with Crippen molar-refractivity contribution in [2.24, 2.45) is 5.41 Å². The molecular formula is C15H24ClNO3S. The Morgan fingerprint density at radius 3 is 2.19 bits per heavy atom. The topological polar surface area (TPSA) is 46.6 Å². The van der Waals surface area contributed by atoms with E-state index in [0.29, 0.717) is 18.2 Å². The minimum absolute atomic E-state index is 0.116. The van der Waals surface area contributed by atoms with Crippen molar-refractivity contribution in [3.05, 3.63) is 24.3 Å². The summed E-state index contributed by atoms with van der Waals surface area (Å²) in [5, 5.41) is 0. The standard InChI is InChI=1S/C15H24ClNO3S/c1-12(15(2,3)4)17(5)21(18,19)14-8-6-13(7-9-14)20-11-10-16/h6-9,12H,10-11H2,1-5H3. The lowest BCUT2D eigenvalue weighted by Gasteiger charge is -2.34. The van der Waals surface area contributed by atoms with Crippen LogP contribution in [0.15, 0.2) is 29.2 Å². The number of benzene rings is 1. The predicted octanol–water partition coefficient (Wildman–Crippen LogP) is 3.36. The fraction of sp³-hybridized carbons (Fsp3) is 0.600. The summed E-state index contributed by atoms with van der Waals surface area (Å²) >= 11 is 5.55. The largest absolute Gasteiger partial charge is 0.492 e. The van der Waals surface area contributed by atoms with Gasteiger partial charge in [-0.3, -0.25) is 0 Å². The Kier molecular flexibility index (Phi) is 6.08. The third-order valence-electron chi connectivity index (χ3n) is 3.65. The van der Waals surface area contributed by atoms with Gasteiger partial charge in [-0.15, -0.1) is 11.6 Å². The number of sulfonamides is 1. The average molecular weight is 334 g/mol. The van der Waals surface area contributed by atoms with E-state index in [9.17, 15) is 8.42 Å². The van der Waals surface area contributed by atoms with Crippen molar-refractivity contribution in [3.63, 3.8) is 0 Å². The van der Waals surface area contributed by atoms with Gasteiger partial charge in [0, 0.05) is 13.1 Å². The van der Waals surface area contributed by atoms with Gasteiger partial charge in [-0.2, -0.15) is 4.31 Å². The van der Waals surface area contributed by atoms with Gasteiger partial charge in [0.25, 0.3) is 0 Å². The first kappa shape index (κ1) is 18.3. The molecule has 1 atom stereocenters. The molecule has 0 N–H and O–H groups in total. The lowest BCUT2D eigenvalue weighted by atomic mass is 9.88. The van der Waals surface area contributed by atoms with Crippen LogP contribution in [0.2, 0.25) is 0 Å². The molecule has 6 heteroatoms. The Hall–Kier alpha value is -0.780. The highest BCUT2D eigenvalue weighted by Gasteiger charge is 2.32. The van der Waals surface area contributed by atoms with E-state index in [1.165, 1.54) is 4.31 Å². The molecule has 1 aromatic rings. The van der Waals surface area contributed by atoms with E-state index < -0.39 is 10.0 Å². The maximum atomic E-state index is 12.6. The highest BCUT2D eigenvalue weighted by Crippen LogP contribution is 2.28. The van der Waals surface area contributed by atoms with Crippen molar-refractivity contribution in [2.45, 2.75) is 38.6 Å². The molecule has 0 amide bonds. The Bertz CT molecular complexity index is 549. The van der Waals surface area contributed by atoms with Crippen LogP contribution < -0.4 is 4.74 Å². The van der Waals surface area contributed by atoms with Crippen LogP contribution in [0, 0.1) is 5.41 Å². The predicted molar refractivity (Wildman–Crippen MR) is 86.5 cm³/mol. The molecule has 4 nitrogen and oxygen atoms in total. The number of hydrogen-bond donors (Lipinski definition) is 0. The van der Waals surface area contributed by atoms with Crippen LogP contribution in [0.1, 0.15) is 27.7 Å². The number of alkyl halides is 1. The first-order chi connectivity index (χ1) is 9.60. The lowest BCUT2D eigenvalue weighted by molar-refractivity contribution is 0.216. The number of hydrogen-bond acceptors (Lipinski definition) is 3. The van der Waals surface area contributed by atoms with Crippen LogP contribution in [0.3, 0.4) is 0 Å². The Labute approximate surface area is 133 Å². The Morgan fingerprint density at radius 1 is 1.24 bits per heavy atom. The molecule has 0 fully saturated rings. The maximum absolute atomic E-state index is 12.6. The molecule has 1 aromatic carbocycles. The van der Waals surface area contributed by atoms with E-state index >= 15 is 0 Å². The van der Waals surface area contributed by atoms with Gasteiger partial charge in [0.1, 0.15) is 12.4 Å². The molecule has 120 valence electrons. The van der Waals surface area contributed by atoms with Gasteiger partial charge in [-0.05, 0) is 36.6 Å².